The van der Waals surface area contributed by atoms with Crippen LogP contribution in [0.3, 0.4) is 0 Å². The van der Waals surface area contributed by atoms with Gasteiger partial charge in [-0.25, -0.2) is 14.2 Å². The molecule has 2 aliphatic rings. The van der Waals surface area contributed by atoms with Crippen molar-refractivity contribution in [3.63, 3.8) is 0 Å². The molecule has 0 atom stereocenters. The summed E-state index contributed by atoms with van der Waals surface area (Å²) in [5.41, 5.74) is 8.88. The Bertz CT molecular complexity index is 958. The van der Waals surface area contributed by atoms with Gasteiger partial charge in [0.1, 0.15) is 11.6 Å². The first-order valence-electron chi connectivity index (χ1n) is 11.5. The third-order valence-electron chi connectivity index (χ3n) is 6.58. The van der Waals surface area contributed by atoms with Gasteiger partial charge in [-0.05, 0) is 69.1 Å². The summed E-state index contributed by atoms with van der Waals surface area (Å²) in [6, 6.07) is 6.19. The maximum absolute atomic E-state index is 13.5. The largest absolute Gasteiger partial charge is 0.362 e. The number of fused-ring (bicyclic) bond motifs is 1. The summed E-state index contributed by atoms with van der Waals surface area (Å²) in [6.07, 6.45) is 7.89. The van der Waals surface area contributed by atoms with Crippen LogP contribution in [0.5, 0.6) is 0 Å². The quantitative estimate of drug-likeness (QED) is 0.712. The summed E-state index contributed by atoms with van der Waals surface area (Å²) in [4.78, 5) is 25.5. The van der Waals surface area contributed by atoms with Gasteiger partial charge in [0, 0.05) is 38.3 Å². The molecule has 0 unspecified atom stereocenters. The van der Waals surface area contributed by atoms with Crippen LogP contribution in [0.1, 0.15) is 55.3 Å². The van der Waals surface area contributed by atoms with Crippen molar-refractivity contribution < 1.29 is 9.18 Å². The van der Waals surface area contributed by atoms with Gasteiger partial charge in [0.25, 0.3) is 0 Å². The number of halogens is 1. The smallest absolute Gasteiger partial charge is 0.315 e. The minimum atomic E-state index is -0.459. The van der Waals surface area contributed by atoms with E-state index in [1.165, 1.54) is 36.2 Å². The molecule has 7 nitrogen and oxygen atoms in total. The summed E-state index contributed by atoms with van der Waals surface area (Å²) in [5.74, 6) is 1.41. The van der Waals surface area contributed by atoms with Crippen molar-refractivity contribution in [2.24, 2.45) is 5.73 Å². The number of hydrogen-bond acceptors (Lipinski definition) is 5. The normalized spacial score (nSPS) is 20.3. The van der Waals surface area contributed by atoms with E-state index in [0.29, 0.717) is 12.5 Å². The van der Waals surface area contributed by atoms with Gasteiger partial charge in [0.15, 0.2) is 0 Å². The van der Waals surface area contributed by atoms with Crippen LogP contribution in [0, 0.1) is 5.82 Å². The number of nitrogens with zero attached hydrogens (tertiary/aromatic N) is 4. The number of carbonyl (C=O) groups excluding carboxylic acids is 1. The Balaban J connectivity index is 1.40. The second kappa shape index (κ2) is 9.71. The van der Waals surface area contributed by atoms with E-state index in [-0.39, 0.29) is 17.9 Å². The highest BCUT2D eigenvalue weighted by atomic mass is 19.1. The molecule has 1 aromatic carbocycles. The Kier molecular flexibility index (Phi) is 6.77. The van der Waals surface area contributed by atoms with Gasteiger partial charge in [-0.15, -0.1) is 0 Å². The fraction of sp³-hybridized carbons (Fsp3) is 0.542. The van der Waals surface area contributed by atoms with E-state index in [0.717, 1.165) is 49.9 Å². The van der Waals surface area contributed by atoms with E-state index in [2.05, 4.69) is 10.2 Å². The van der Waals surface area contributed by atoms with Crippen LogP contribution in [0.2, 0.25) is 0 Å². The molecule has 0 aliphatic heterocycles. The average molecular weight is 441 g/mol. The lowest BCUT2D eigenvalue weighted by Gasteiger charge is -2.36. The van der Waals surface area contributed by atoms with Crippen molar-refractivity contribution in [2.75, 3.05) is 24.3 Å². The maximum Gasteiger partial charge on any atom is 0.315 e. The number of nitrogens with two attached hydrogens (primary N) is 1. The Morgan fingerprint density at radius 2 is 1.91 bits per heavy atom. The van der Waals surface area contributed by atoms with E-state index in [1.807, 2.05) is 20.2 Å². The molecule has 0 saturated heterocycles. The fourth-order valence-corrected chi connectivity index (χ4v) is 4.94. The van der Waals surface area contributed by atoms with Gasteiger partial charge in [0.2, 0.25) is 5.95 Å². The fourth-order valence-electron chi connectivity index (χ4n) is 4.94. The number of nitrogens with one attached hydrogen (secondary N) is 1. The predicted molar refractivity (Wildman–Crippen MR) is 124 cm³/mol. The van der Waals surface area contributed by atoms with Crippen LogP contribution in [0.15, 0.2) is 24.3 Å². The lowest BCUT2D eigenvalue weighted by molar-refractivity contribution is 0.156. The Hall–Kier alpha value is -2.90. The first-order chi connectivity index (χ1) is 15.4. The van der Waals surface area contributed by atoms with Crippen molar-refractivity contribution in [1.29, 1.82) is 0 Å². The van der Waals surface area contributed by atoms with Crippen molar-refractivity contribution in [1.82, 2.24) is 14.9 Å². The van der Waals surface area contributed by atoms with Gasteiger partial charge in [-0.3, -0.25) is 0 Å². The van der Waals surface area contributed by atoms with Crippen molar-refractivity contribution in [3.05, 3.63) is 46.9 Å². The monoisotopic (exact) mass is 440 g/mol. The summed E-state index contributed by atoms with van der Waals surface area (Å²) < 4.78 is 13.5. The zero-order valence-corrected chi connectivity index (χ0v) is 19.0. The van der Waals surface area contributed by atoms with Crippen molar-refractivity contribution in [3.8, 4) is 0 Å². The third kappa shape index (κ3) is 5.11. The number of aryl methyl sites for hydroxylation is 1. The Labute approximate surface area is 189 Å². The average Bonchev–Trinajstić information content (AvgIpc) is 2.77. The molecule has 2 aromatic rings. The molecule has 1 aromatic heterocycles. The number of aromatic nitrogens is 2. The first kappa shape index (κ1) is 22.3. The molecule has 8 heteroatoms. The highest BCUT2D eigenvalue weighted by Crippen LogP contribution is 2.30. The molecule has 1 heterocycles. The lowest BCUT2D eigenvalue weighted by atomic mass is 9.90. The van der Waals surface area contributed by atoms with Crippen molar-refractivity contribution in [2.45, 2.75) is 70.0 Å². The molecule has 4 rings (SSSR count). The SMILES string of the molecule is CN(C)c1nc(NC2CCC(N(Cc3cccc(F)c3)C(N)=O)CC2)nc2c1CCCC2. The van der Waals surface area contributed by atoms with Crippen LogP contribution in [-0.2, 0) is 19.4 Å². The van der Waals surface area contributed by atoms with Gasteiger partial charge in [-0.1, -0.05) is 12.1 Å². The van der Waals surface area contributed by atoms with Gasteiger partial charge >= 0.3 is 6.03 Å². The standard InChI is InChI=1S/C24H33FN6O/c1-30(2)22-20-8-3-4-9-21(20)28-24(29-22)27-18-10-12-19(13-11-18)31(23(26)32)15-16-6-5-7-17(25)14-16/h5-7,14,18-19H,3-4,8-13,15H2,1-2H3,(H2,26,32)(H,27,28,29). The number of benzene rings is 1. The molecule has 172 valence electrons. The van der Waals surface area contributed by atoms with Gasteiger partial charge in [-0.2, -0.15) is 4.98 Å². The van der Waals surface area contributed by atoms with E-state index in [4.69, 9.17) is 15.7 Å². The second-order valence-corrected chi connectivity index (χ2v) is 9.14. The number of carbonyl (C=O) groups is 1. The zero-order chi connectivity index (χ0) is 22.7. The molecule has 0 radical (unpaired) electrons. The molecular formula is C24H33FN6O. The predicted octanol–water partition coefficient (Wildman–Crippen LogP) is 3.86. The number of anilines is 2. The Morgan fingerprint density at radius 3 is 2.59 bits per heavy atom. The van der Waals surface area contributed by atoms with Crippen LogP contribution >= 0.6 is 0 Å². The lowest BCUT2D eigenvalue weighted by Crippen LogP contribution is -2.46. The molecule has 2 aliphatic carbocycles. The van der Waals surface area contributed by atoms with Gasteiger partial charge < -0.3 is 20.9 Å². The van der Waals surface area contributed by atoms with E-state index in [1.54, 1.807) is 11.0 Å². The topological polar surface area (TPSA) is 87.4 Å². The summed E-state index contributed by atoms with van der Waals surface area (Å²) in [7, 11) is 4.06. The maximum atomic E-state index is 13.5. The minimum Gasteiger partial charge on any atom is -0.362 e. The van der Waals surface area contributed by atoms with E-state index < -0.39 is 6.03 Å². The van der Waals surface area contributed by atoms with E-state index >= 15 is 0 Å². The molecule has 3 N–H and O–H groups in total. The Morgan fingerprint density at radius 1 is 1.16 bits per heavy atom. The number of urea groups is 1. The summed E-state index contributed by atoms with van der Waals surface area (Å²) in [6.45, 7) is 0.329. The number of hydrogen-bond donors (Lipinski definition) is 2. The summed E-state index contributed by atoms with van der Waals surface area (Å²) in [5, 5.41) is 3.54. The van der Waals surface area contributed by atoms with E-state index in [9.17, 15) is 9.18 Å². The molecule has 0 spiro atoms. The molecule has 1 saturated carbocycles. The number of amides is 2. The molecule has 0 bridgehead atoms. The van der Waals surface area contributed by atoms with Crippen LogP contribution < -0.4 is 16.0 Å². The zero-order valence-electron chi connectivity index (χ0n) is 19.0. The number of rotatable bonds is 6. The summed E-state index contributed by atoms with van der Waals surface area (Å²) >= 11 is 0. The highest BCUT2D eigenvalue weighted by molar-refractivity contribution is 5.72. The molecule has 32 heavy (non-hydrogen) atoms. The minimum absolute atomic E-state index is 0.0515. The van der Waals surface area contributed by atoms with Crippen LogP contribution in [0.25, 0.3) is 0 Å². The third-order valence-corrected chi connectivity index (χ3v) is 6.58. The van der Waals surface area contributed by atoms with Crippen LogP contribution in [-0.4, -0.2) is 47.1 Å². The number of primary amides is 1. The van der Waals surface area contributed by atoms with Crippen molar-refractivity contribution >= 4 is 17.8 Å². The van der Waals surface area contributed by atoms with Gasteiger partial charge in [0.05, 0.1) is 5.69 Å². The molecule has 2 amide bonds. The second-order valence-electron chi connectivity index (χ2n) is 9.14. The van der Waals surface area contributed by atoms with Crippen LogP contribution in [0.4, 0.5) is 21.0 Å². The molecular weight excluding hydrogens is 407 g/mol. The first-order valence-corrected chi connectivity index (χ1v) is 11.5. The molecule has 1 fully saturated rings. The highest BCUT2D eigenvalue weighted by Gasteiger charge is 2.29.